The number of hydrogen-bond acceptors (Lipinski definition) is 4. The molecule has 0 amide bonds. The molecule has 0 bridgehead atoms. The van der Waals surface area contributed by atoms with Gasteiger partial charge in [0.05, 0.1) is 31.5 Å². The summed E-state index contributed by atoms with van der Waals surface area (Å²) in [5, 5.41) is 18.9. The molecule has 2 saturated heterocycles. The standard InChI is InChI=1S/C9H17NO3/c11-7-1-3-10(4-2-7)8-5-13-6-9(8)12/h7-9,11-12H,1-6H2. The van der Waals surface area contributed by atoms with Crippen LogP contribution in [0.15, 0.2) is 0 Å². The molecular weight excluding hydrogens is 170 g/mol. The maximum absolute atomic E-state index is 9.58. The first kappa shape index (κ1) is 9.40. The van der Waals surface area contributed by atoms with Crippen LogP contribution in [-0.4, -0.2) is 59.7 Å². The van der Waals surface area contributed by atoms with Gasteiger partial charge in [-0.05, 0) is 12.8 Å². The predicted octanol–water partition coefficient (Wildman–Crippen LogP) is -0.797. The molecule has 0 aromatic carbocycles. The lowest BCUT2D eigenvalue weighted by Crippen LogP contribution is -2.47. The first-order valence-corrected chi connectivity index (χ1v) is 4.95. The second-order valence-corrected chi connectivity index (χ2v) is 3.94. The Balaban J connectivity index is 1.86. The molecule has 4 heteroatoms. The fourth-order valence-electron chi connectivity index (χ4n) is 2.10. The van der Waals surface area contributed by atoms with Gasteiger partial charge in [-0.2, -0.15) is 0 Å². The van der Waals surface area contributed by atoms with Gasteiger partial charge in [0.15, 0.2) is 0 Å². The minimum atomic E-state index is -0.338. The monoisotopic (exact) mass is 187 g/mol. The Kier molecular flexibility index (Phi) is 2.83. The topological polar surface area (TPSA) is 52.9 Å². The number of rotatable bonds is 1. The molecule has 0 aromatic rings. The lowest BCUT2D eigenvalue weighted by molar-refractivity contribution is 0.0279. The lowest BCUT2D eigenvalue weighted by atomic mass is 10.0. The van der Waals surface area contributed by atoms with Gasteiger partial charge in [-0.25, -0.2) is 0 Å². The summed E-state index contributed by atoms with van der Waals surface area (Å²) in [5.74, 6) is 0. The zero-order chi connectivity index (χ0) is 9.26. The molecular formula is C9H17NO3. The normalized spacial score (nSPS) is 38.3. The number of ether oxygens (including phenoxy) is 1. The Morgan fingerprint density at radius 2 is 1.77 bits per heavy atom. The predicted molar refractivity (Wildman–Crippen MR) is 47.4 cm³/mol. The number of likely N-dealkylation sites (tertiary alicyclic amines) is 1. The summed E-state index contributed by atoms with van der Waals surface area (Å²) in [6.45, 7) is 2.86. The molecule has 13 heavy (non-hydrogen) atoms. The average Bonchev–Trinajstić information content (AvgIpc) is 2.53. The molecule has 4 nitrogen and oxygen atoms in total. The van der Waals surface area contributed by atoms with Gasteiger partial charge in [-0.1, -0.05) is 0 Å². The fourth-order valence-corrected chi connectivity index (χ4v) is 2.10. The lowest BCUT2D eigenvalue weighted by Gasteiger charge is -2.34. The zero-order valence-electron chi connectivity index (χ0n) is 7.72. The molecule has 0 aliphatic carbocycles. The van der Waals surface area contributed by atoms with Gasteiger partial charge in [-0.15, -0.1) is 0 Å². The van der Waals surface area contributed by atoms with Gasteiger partial charge in [0.25, 0.3) is 0 Å². The minimum Gasteiger partial charge on any atom is -0.393 e. The molecule has 2 heterocycles. The van der Waals surface area contributed by atoms with E-state index in [0.29, 0.717) is 13.2 Å². The van der Waals surface area contributed by atoms with Crippen molar-refractivity contribution >= 4 is 0 Å². The Hall–Kier alpha value is -0.160. The molecule has 2 rings (SSSR count). The van der Waals surface area contributed by atoms with Crippen LogP contribution in [0.3, 0.4) is 0 Å². The second kappa shape index (κ2) is 3.92. The Labute approximate surface area is 78.1 Å². The van der Waals surface area contributed by atoms with Gasteiger partial charge in [-0.3, -0.25) is 4.90 Å². The summed E-state index contributed by atoms with van der Waals surface area (Å²) in [7, 11) is 0. The second-order valence-electron chi connectivity index (χ2n) is 3.94. The van der Waals surface area contributed by atoms with E-state index in [1.165, 1.54) is 0 Å². The summed E-state index contributed by atoms with van der Waals surface area (Å²) in [4.78, 5) is 2.23. The van der Waals surface area contributed by atoms with Crippen LogP contribution in [0.1, 0.15) is 12.8 Å². The van der Waals surface area contributed by atoms with Crippen LogP contribution in [-0.2, 0) is 4.74 Å². The Bertz CT molecular complexity index is 168. The summed E-state index contributed by atoms with van der Waals surface area (Å²) in [5.41, 5.74) is 0. The smallest absolute Gasteiger partial charge is 0.0950 e. The van der Waals surface area contributed by atoms with Crippen LogP contribution >= 0.6 is 0 Å². The largest absolute Gasteiger partial charge is 0.393 e. The highest BCUT2D eigenvalue weighted by atomic mass is 16.5. The first-order chi connectivity index (χ1) is 6.27. The summed E-state index contributed by atoms with van der Waals surface area (Å²) in [6, 6.07) is 0.160. The number of piperidine rings is 1. The molecule has 2 N–H and O–H groups in total. The van der Waals surface area contributed by atoms with Crippen LogP contribution in [0.25, 0.3) is 0 Å². The van der Waals surface area contributed by atoms with Gasteiger partial charge in [0.1, 0.15) is 0 Å². The minimum absolute atomic E-state index is 0.143. The molecule has 0 radical (unpaired) electrons. The van der Waals surface area contributed by atoms with Crippen LogP contribution in [0, 0.1) is 0 Å². The van der Waals surface area contributed by atoms with Crippen molar-refractivity contribution in [1.29, 1.82) is 0 Å². The third-order valence-corrected chi connectivity index (χ3v) is 2.99. The molecule has 0 saturated carbocycles. The molecule has 2 atom stereocenters. The number of nitrogens with zero attached hydrogens (tertiary/aromatic N) is 1. The highest BCUT2D eigenvalue weighted by Gasteiger charge is 2.33. The molecule has 76 valence electrons. The molecule has 0 spiro atoms. The van der Waals surface area contributed by atoms with Gasteiger partial charge in [0.2, 0.25) is 0 Å². The van der Waals surface area contributed by atoms with E-state index in [1.807, 2.05) is 0 Å². The van der Waals surface area contributed by atoms with Crippen molar-refractivity contribution in [1.82, 2.24) is 4.90 Å². The van der Waals surface area contributed by atoms with Crippen molar-refractivity contribution in [3.05, 3.63) is 0 Å². The average molecular weight is 187 g/mol. The summed E-state index contributed by atoms with van der Waals surface area (Å²) < 4.78 is 5.20. The Morgan fingerprint density at radius 3 is 2.31 bits per heavy atom. The van der Waals surface area contributed by atoms with Crippen LogP contribution < -0.4 is 0 Å². The van der Waals surface area contributed by atoms with E-state index >= 15 is 0 Å². The fraction of sp³-hybridized carbons (Fsp3) is 1.00. The molecule has 2 aliphatic heterocycles. The molecule has 2 aliphatic rings. The molecule has 0 aromatic heterocycles. The van der Waals surface area contributed by atoms with Crippen LogP contribution in [0.2, 0.25) is 0 Å². The zero-order valence-corrected chi connectivity index (χ0v) is 7.72. The summed E-state index contributed by atoms with van der Waals surface area (Å²) >= 11 is 0. The SMILES string of the molecule is OC1CCN(C2COCC2O)CC1. The van der Waals surface area contributed by atoms with Crippen molar-refractivity contribution in [2.75, 3.05) is 26.3 Å². The van der Waals surface area contributed by atoms with Crippen LogP contribution in [0.5, 0.6) is 0 Å². The van der Waals surface area contributed by atoms with E-state index < -0.39 is 0 Å². The van der Waals surface area contributed by atoms with Gasteiger partial charge in [0, 0.05) is 13.1 Å². The third-order valence-electron chi connectivity index (χ3n) is 2.99. The van der Waals surface area contributed by atoms with Gasteiger partial charge < -0.3 is 14.9 Å². The van der Waals surface area contributed by atoms with E-state index in [0.717, 1.165) is 25.9 Å². The van der Waals surface area contributed by atoms with Gasteiger partial charge >= 0.3 is 0 Å². The molecule has 2 unspecified atom stereocenters. The van der Waals surface area contributed by atoms with Crippen molar-refractivity contribution in [2.45, 2.75) is 31.1 Å². The van der Waals surface area contributed by atoms with Crippen molar-refractivity contribution in [3.8, 4) is 0 Å². The van der Waals surface area contributed by atoms with E-state index in [-0.39, 0.29) is 18.2 Å². The van der Waals surface area contributed by atoms with E-state index in [4.69, 9.17) is 4.74 Å². The number of hydrogen-bond donors (Lipinski definition) is 2. The molecule has 2 fully saturated rings. The first-order valence-electron chi connectivity index (χ1n) is 4.95. The highest BCUT2D eigenvalue weighted by Crippen LogP contribution is 2.18. The number of aliphatic hydroxyl groups is 2. The maximum atomic E-state index is 9.58. The van der Waals surface area contributed by atoms with E-state index in [2.05, 4.69) is 4.90 Å². The highest BCUT2D eigenvalue weighted by molar-refractivity contribution is 4.86. The van der Waals surface area contributed by atoms with Crippen LogP contribution in [0.4, 0.5) is 0 Å². The maximum Gasteiger partial charge on any atom is 0.0950 e. The number of aliphatic hydroxyl groups excluding tert-OH is 2. The van der Waals surface area contributed by atoms with Crippen molar-refractivity contribution < 1.29 is 14.9 Å². The van der Waals surface area contributed by atoms with E-state index in [9.17, 15) is 10.2 Å². The van der Waals surface area contributed by atoms with E-state index in [1.54, 1.807) is 0 Å². The van der Waals surface area contributed by atoms with Crippen molar-refractivity contribution in [3.63, 3.8) is 0 Å². The third kappa shape index (κ3) is 2.02. The van der Waals surface area contributed by atoms with Crippen molar-refractivity contribution in [2.24, 2.45) is 0 Å². The summed E-state index contributed by atoms with van der Waals surface area (Å²) in [6.07, 6.45) is 1.16. The quantitative estimate of drug-likeness (QED) is 0.564. The Morgan fingerprint density at radius 1 is 1.08 bits per heavy atom.